The van der Waals surface area contributed by atoms with Gasteiger partial charge in [-0.1, -0.05) is 6.07 Å². The average Bonchev–Trinajstić information content (AvgIpc) is 2.19. The summed E-state index contributed by atoms with van der Waals surface area (Å²) in [6.45, 7) is 2.76. The molecule has 0 saturated heterocycles. The van der Waals surface area contributed by atoms with Crippen molar-refractivity contribution in [2.24, 2.45) is 5.73 Å². The van der Waals surface area contributed by atoms with E-state index in [2.05, 4.69) is 5.32 Å². The maximum Gasteiger partial charge on any atom is 0.416 e. The van der Waals surface area contributed by atoms with Crippen LogP contribution in [0.5, 0.6) is 0 Å². The summed E-state index contributed by atoms with van der Waals surface area (Å²) < 4.78 is 37.8. The van der Waals surface area contributed by atoms with E-state index in [1.54, 1.807) is 0 Å². The number of amides is 1. The van der Waals surface area contributed by atoms with Crippen LogP contribution in [0.25, 0.3) is 0 Å². The number of alkyl halides is 3. The van der Waals surface area contributed by atoms with E-state index in [0.717, 1.165) is 6.07 Å². The topological polar surface area (TPSA) is 55.1 Å². The molecule has 1 amide bonds. The van der Waals surface area contributed by atoms with E-state index in [1.807, 2.05) is 0 Å². The zero-order valence-electron chi connectivity index (χ0n) is 9.84. The van der Waals surface area contributed by atoms with E-state index in [9.17, 15) is 18.0 Å². The summed E-state index contributed by atoms with van der Waals surface area (Å²) in [6, 6.07) is 2.85. The molecular weight excluding hydrogens is 269 g/mol. The monoisotopic (exact) mass is 282 g/mol. The fourth-order valence-electron chi connectivity index (χ4n) is 1.32. The Labute approximate surface area is 109 Å². The van der Waals surface area contributed by atoms with Crippen molar-refractivity contribution in [3.05, 3.63) is 29.3 Å². The number of nitrogens with two attached hydrogens (primary N) is 1. The molecule has 0 unspecified atom stereocenters. The van der Waals surface area contributed by atoms with Crippen LogP contribution in [0.15, 0.2) is 18.2 Å². The number of hydrogen-bond donors (Lipinski definition) is 2. The van der Waals surface area contributed by atoms with Gasteiger partial charge in [0.05, 0.1) is 11.6 Å². The second-order valence-corrected chi connectivity index (χ2v) is 3.75. The minimum atomic E-state index is -4.43. The Morgan fingerprint density at radius 2 is 1.94 bits per heavy atom. The highest BCUT2D eigenvalue weighted by atomic mass is 35.5. The van der Waals surface area contributed by atoms with Crippen LogP contribution in [-0.2, 0) is 11.0 Å². The number of anilines is 1. The molecule has 0 aliphatic heterocycles. The Bertz CT molecular complexity index is 433. The molecule has 1 rings (SSSR count). The van der Waals surface area contributed by atoms with Crippen molar-refractivity contribution in [3.8, 4) is 0 Å². The molecule has 0 spiro atoms. The number of nitrogens with one attached hydrogen (secondary N) is 1. The molecule has 7 heteroatoms. The molecule has 102 valence electrons. The summed E-state index contributed by atoms with van der Waals surface area (Å²) in [6.07, 6.45) is -4.43. The molecule has 1 aromatic carbocycles. The molecule has 0 aliphatic rings. The van der Waals surface area contributed by atoms with Crippen LogP contribution in [0, 0.1) is 6.92 Å². The lowest BCUT2D eigenvalue weighted by molar-refractivity contribution is -0.138. The van der Waals surface area contributed by atoms with E-state index < -0.39 is 23.7 Å². The van der Waals surface area contributed by atoms with Crippen LogP contribution in [-0.4, -0.2) is 11.9 Å². The van der Waals surface area contributed by atoms with Crippen molar-refractivity contribution in [1.29, 1.82) is 0 Å². The lowest BCUT2D eigenvalue weighted by atomic mass is 10.1. The van der Waals surface area contributed by atoms with Gasteiger partial charge in [-0.25, -0.2) is 0 Å². The van der Waals surface area contributed by atoms with Crippen LogP contribution in [0.4, 0.5) is 18.9 Å². The molecular formula is C11H14ClF3N2O. The van der Waals surface area contributed by atoms with Crippen molar-refractivity contribution in [3.63, 3.8) is 0 Å². The Hall–Kier alpha value is -1.27. The Balaban J connectivity index is 0.00000289. The van der Waals surface area contributed by atoms with Gasteiger partial charge in [0, 0.05) is 5.69 Å². The molecule has 18 heavy (non-hydrogen) atoms. The zero-order valence-corrected chi connectivity index (χ0v) is 10.7. The zero-order chi connectivity index (χ0) is 13.2. The Morgan fingerprint density at radius 3 is 2.39 bits per heavy atom. The highest BCUT2D eigenvalue weighted by Gasteiger charge is 2.33. The van der Waals surface area contributed by atoms with Gasteiger partial charge in [0.25, 0.3) is 0 Å². The fourth-order valence-corrected chi connectivity index (χ4v) is 1.32. The number of hydrogen-bond acceptors (Lipinski definition) is 2. The summed E-state index contributed by atoms with van der Waals surface area (Å²) in [4.78, 5) is 11.3. The second kappa shape index (κ2) is 6.06. The second-order valence-electron chi connectivity index (χ2n) is 3.75. The van der Waals surface area contributed by atoms with Crippen molar-refractivity contribution >= 4 is 24.0 Å². The average molecular weight is 283 g/mol. The predicted octanol–water partition coefficient (Wildman–Crippen LogP) is 2.72. The molecule has 1 atom stereocenters. The first kappa shape index (κ1) is 16.7. The predicted molar refractivity (Wildman–Crippen MR) is 65.7 cm³/mol. The van der Waals surface area contributed by atoms with Gasteiger partial charge in [-0.05, 0) is 31.5 Å². The lowest BCUT2D eigenvalue weighted by Crippen LogP contribution is -2.32. The van der Waals surface area contributed by atoms with Gasteiger partial charge in [-0.2, -0.15) is 13.2 Å². The summed E-state index contributed by atoms with van der Waals surface area (Å²) in [5.41, 5.74) is 4.67. The first-order valence-electron chi connectivity index (χ1n) is 4.96. The number of rotatable bonds is 2. The van der Waals surface area contributed by atoms with Crippen LogP contribution in [0.2, 0.25) is 0 Å². The van der Waals surface area contributed by atoms with Gasteiger partial charge in [0.2, 0.25) is 5.91 Å². The third kappa shape index (κ3) is 3.89. The van der Waals surface area contributed by atoms with Crippen LogP contribution in [0.1, 0.15) is 18.1 Å². The van der Waals surface area contributed by atoms with Gasteiger partial charge in [0.1, 0.15) is 0 Å². The molecule has 1 aromatic rings. The van der Waals surface area contributed by atoms with Crippen LogP contribution in [0.3, 0.4) is 0 Å². The molecule has 3 nitrogen and oxygen atoms in total. The van der Waals surface area contributed by atoms with E-state index in [-0.39, 0.29) is 23.7 Å². The quantitative estimate of drug-likeness (QED) is 0.876. The van der Waals surface area contributed by atoms with E-state index in [4.69, 9.17) is 5.73 Å². The molecule has 0 aromatic heterocycles. The maximum atomic E-state index is 12.6. The van der Waals surface area contributed by atoms with E-state index in [1.165, 1.54) is 26.0 Å². The van der Waals surface area contributed by atoms with Crippen molar-refractivity contribution in [2.75, 3.05) is 5.32 Å². The molecule has 0 heterocycles. The SMILES string of the molecule is Cc1c(NC(=O)[C@H](C)N)cccc1C(F)(F)F.Cl. The maximum absolute atomic E-state index is 12.6. The molecule has 3 N–H and O–H groups in total. The summed E-state index contributed by atoms with van der Waals surface area (Å²) >= 11 is 0. The normalized spacial score (nSPS) is 12.6. The van der Waals surface area contributed by atoms with Gasteiger partial charge in [-0.3, -0.25) is 4.79 Å². The van der Waals surface area contributed by atoms with E-state index >= 15 is 0 Å². The molecule has 0 fully saturated rings. The third-order valence-corrected chi connectivity index (χ3v) is 2.31. The van der Waals surface area contributed by atoms with Gasteiger partial charge in [-0.15, -0.1) is 12.4 Å². The first-order valence-corrected chi connectivity index (χ1v) is 4.96. The fraction of sp³-hybridized carbons (Fsp3) is 0.364. The van der Waals surface area contributed by atoms with Gasteiger partial charge < -0.3 is 11.1 Å². The Morgan fingerprint density at radius 1 is 1.39 bits per heavy atom. The number of carbonyl (C=O) groups is 1. The standard InChI is InChI=1S/C11H13F3N2O.ClH/c1-6-8(11(12,13)14)4-3-5-9(6)16-10(17)7(2)15;/h3-5,7H,15H2,1-2H3,(H,16,17);1H/t7-;/m0./s1. The van der Waals surface area contributed by atoms with Gasteiger partial charge >= 0.3 is 6.18 Å². The number of halogens is 4. The number of benzene rings is 1. The van der Waals surface area contributed by atoms with Crippen LogP contribution >= 0.6 is 12.4 Å². The third-order valence-electron chi connectivity index (χ3n) is 2.31. The van der Waals surface area contributed by atoms with Crippen molar-refractivity contribution < 1.29 is 18.0 Å². The van der Waals surface area contributed by atoms with Crippen molar-refractivity contribution in [1.82, 2.24) is 0 Å². The van der Waals surface area contributed by atoms with Gasteiger partial charge in [0.15, 0.2) is 0 Å². The molecule has 0 aliphatic carbocycles. The smallest absolute Gasteiger partial charge is 0.324 e. The number of carbonyl (C=O) groups excluding carboxylic acids is 1. The molecule has 0 bridgehead atoms. The largest absolute Gasteiger partial charge is 0.416 e. The van der Waals surface area contributed by atoms with Crippen molar-refractivity contribution in [2.45, 2.75) is 26.1 Å². The Kier molecular flexibility index (Phi) is 5.63. The lowest BCUT2D eigenvalue weighted by Gasteiger charge is -2.15. The highest BCUT2D eigenvalue weighted by molar-refractivity contribution is 5.95. The first-order chi connectivity index (χ1) is 7.73. The summed E-state index contributed by atoms with van der Waals surface area (Å²) in [7, 11) is 0. The minimum absolute atomic E-state index is 0. The van der Waals surface area contributed by atoms with Crippen LogP contribution < -0.4 is 11.1 Å². The summed E-state index contributed by atoms with van der Waals surface area (Å²) in [5, 5.41) is 2.36. The summed E-state index contributed by atoms with van der Waals surface area (Å²) in [5.74, 6) is -0.521. The minimum Gasteiger partial charge on any atom is -0.324 e. The highest BCUT2D eigenvalue weighted by Crippen LogP contribution is 2.34. The molecule has 0 saturated carbocycles. The molecule has 0 radical (unpaired) electrons. The van der Waals surface area contributed by atoms with E-state index in [0.29, 0.717) is 0 Å².